The number of hydrogen-bond donors (Lipinski definition) is 0. The third kappa shape index (κ3) is 5.14. The number of halogens is 6. The van der Waals surface area contributed by atoms with Crippen molar-refractivity contribution >= 4 is 5.97 Å². The van der Waals surface area contributed by atoms with Crippen molar-refractivity contribution in [3.05, 3.63) is 0 Å². The lowest BCUT2D eigenvalue weighted by molar-refractivity contribution is -0.252. The fraction of sp³-hybridized carbons (Fsp3) is 0.900. The number of unbranched alkanes of at least 4 members (excludes halogenated alkanes) is 1. The molecule has 0 aliphatic carbocycles. The van der Waals surface area contributed by atoms with Crippen LogP contribution in [0, 0.1) is 11.8 Å². The molecule has 0 saturated carbocycles. The van der Waals surface area contributed by atoms with E-state index < -0.39 is 30.2 Å². The largest absolute Gasteiger partial charge is 0.465 e. The highest BCUT2D eigenvalue weighted by Crippen LogP contribution is 2.41. The standard InChI is InChI=1S/C10H14F6O2/c1-3-4-5-18-8(17)7(10(14,15)16)6(2)9(11,12)13/h6-7H,3-5H2,1-2H3. The van der Waals surface area contributed by atoms with E-state index in [-0.39, 0.29) is 6.61 Å². The first-order chi connectivity index (χ1) is 8.01. The minimum atomic E-state index is -5.28. The van der Waals surface area contributed by atoms with Crippen LogP contribution >= 0.6 is 0 Å². The predicted octanol–water partition coefficient (Wildman–Crippen LogP) is 3.71. The summed E-state index contributed by atoms with van der Waals surface area (Å²) in [5.41, 5.74) is 0. The molecule has 0 aliphatic heterocycles. The Hall–Kier alpha value is -0.950. The molecule has 0 rings (SSSR count). The molecule has 0 aliphatic rings. The molecule has 108 valence electrons. The summed E-state index contributed by atoms with van der Waals surface area (Å²) in [5.74, 6) is -7.87. The van der Waals surface area contributed by atoms with E-state index in [0.29, 0.717) is 19.8 Å². The second-order valence-corrected chi connectivity index (χ2v) is 3.87. The molecule has 0 bridgehead atoms. The summed E-state index contributed by atoms with van der Waals surface area (Å²) < 4.78 is 78.4. The molecule has 18 heavy (non-hydrogen) atoms. The Bertz CT molecular complexity index is 271. The zero-order valence-corrected chi connectivity index (χ0v) is 9.86. The van der Waals surface area contributed by atoms with Crippen LogP contribution in [0.3, 0.4) is 0 Å². The van der Waals surface area contributed by atoms with Crippen LogP contribution in [0.4, 0.5) is 26.3 Å². The normalized spacial score (nSPS) is 16.2. The van der Waals surface area contributed by atoms with Crippen molar-refractivity contribution < 1.29 is 35.9 Å². The zero-order valence-electron chi connectivity index (χ0n) is 9.86. The average molecular weight is 280 g/mol. The lowest BCUT2D eigenvalue weighted by Gasteiger charge is -2.26. The van der Waals surface area contributed by atoms with Crippen LogP contribution < -0.4 is 0 Å². The maximum Gasteiger partial charge on any atom is 0.402 e. The van der Waals surface area contributed by atoms with Gasteiger partial charge in [0.05, 0.1) is 12.5 Å². The lowest BCUT2D eigenvalue weighted by Crippen LogP contribution is -2.43. The number of alkyl halides is 6. The monoisotopic (exact) mass is 280 g/mol. The van der Waals surface area contributed by atoms with Crippen molar-refractivity contribution in [1.29, 1.82) is 0 Å². The van der Waals surface area contributed by atoms with Gasteiger partial charge in [-0.3, -0.25) is 4.79 Å². The molecule has 0 saturated heterocycles. The van der Waals surface area contributed by atoms with E-state index in [4.69, 9.17) is 0 Å². The molecule has 0 N–H and O–H groups in total. The summed E-state index contributed by atoms with van der Waals surface area (Å²) in [6, 6.07) is 0. The van der Waals surface area contributed by atoms with Gasteiger partial charge in [0.1, 0.15) is 0 Å². The Morgan fingerprint density at radius 2 is 1.61 bits per heavy atom. The summed E-state index contributed by atoms with van der Waals surface area (Å²) in [7, 11) is 0. The van der Waals surface area contributed by atoms with Gasteiger partial charge in [-0.15, -0.1) is 0 Å². The summed E-state index contributed by atoms with van der Waals surface area (Å²) in [6.45, 7) is 1.71. The fourth-order valence-electron chi connectivity index (χ4n) is 1.22. The molecule has 0 fully saturated rings. The SMILES string of the molecule is CCCCOC(=O)C(C(C)C(F)(F)F)C(F)(F)F. The van der Waals surface area contributed by atoms with Gasteiger partial charge >= 0.3 is 18.3 Å². The van der Waals surface area contributed by atoms with E-state index in [1.165, 1.54) is 0 Å². The molecule has 0 aromatic heterocycles. The third-order valence-electron chi connectivity index (χ3n) is 2.37. The van der Waals surface area contributed by atoms with E-state index in [1.807, 2.05) is 0 Å². The summed E-state index contributed by atoms with van der Waals surface area (Å²) in [4.78, 5) is 11.1. The Morgan fingerprint density at radius 3 is 1.94 bits per heavy atom. The Morgan fingerprint density at radius 1 is 1.11 bits per heavy atom. The zero-order chi connectivity index (χ0) is 14.6. The minimum Gasteiger partial charge on any atom is -0.465 e. The second kappa shape index (κ2) is 6.29. The maximum atomic E-state index is 12.5. The van der Waals surface area contributed by atoms with Crippen molar-refractivity contribution in [1.82, 2.24) is 0 Å². The van der Waals surface area contributed by atoms with Gasteiger partial charge < -0.3 is 4.74 Å². The van der Waals surface area contributed by atoms with E-state index >= 15 is 0 Å². The number of carbonyl (C=O) groups excluding carboxylic acids is 1. The first-order valence-corrected chi connectivity index (χ1v) is 5.31. The van der Waals surface area contributed by atoms with Crippen LogP contribution in [-0.4, -0.2) is 24.9 Å². The molecule has 0 aromatic rings. The van der Waals surface area contributed by atoms with E-state index in [9.17, 15) is 31.1 Å². The molecule has 0 spiro atoms. The lowest BCUT2D eigenvalue weighted by atomic mass is 9.93. The van der Waals surface area contributed by atoms with Crippen molar-refractivity contribution in [2.75, 3.05) is 6.61 Å². The van der Waals surface area contributed by atoms with Crippen LogP contribution in [0.1, 0.15) is 26.7 Å². The Kier molecular flexibility index (Phi) is 5.95. The van der Waals surface area contributed by atoms with Crippen molar-refractivity contribution in [2.45, 2.75) is 39.0 Å². The summed E-state index contributed by atoms with van der Waals surface area (Å²) in [5, 5.41) is 0. The molecule has 0 amide bonds. The van der Waals surface area contributed by atoms with E-state index in [1.54, 1.807) is 6.92 Å². The number of hydrogen-bond acceptors (Lipinski definition) is 2. The predicted molar refractivity (Wildman–Crippen MR) is 50.6 cm³/mol. The highest BCUT2D eigenvalue weighted by Gasteiger charge is 2.57. The van der Waals surface area contributed by atoms with Crippen molar-refractivity contribution in [3.8, 4) is 0 Å². The van der Waals surface area contributed by atoms with Crippen molar-refractivity contribution in [3.63, 3.8) is 0 Å². The minimum absolute atomic E-state index is 0.302. The summed E-state index contributed by atoms with van der Waals surface area (Å²) in [6.07, 6.45) is -9.53. The summed E-state index contributed by atoms with van der Waals surface area (Å²) >= 11 is 0. The highest BCUT2D eigenvalue weighted by atomic mass is 19.4. The van der Waals surface area contributed by atoms with Gasteiger partial charge in [-0.2, -0.15) is 26.3 Å². The molecule has 0 aromatic carbocycles. The second-order valence-electron chi connectivity index (χ2n) is 3.87. The highest BCUT2D eigenvalue weighted by molar-refractivity contribution is 5.73. The van der Waals surface area contributed by atoms with Crippen LogP contribution in [0.25, 0.3) is 0 Å². The first-order valence-electron chi connectivity index (χ1n) is 5.31. The molecule has 8 heteroatoms. The first kappa shape index (κ1) is 17.1. The van der Waals surface area contributed by atoms with Crippen molar-refractivity contribution in [2.24, 2.45) is 11.8 Å². The molecular formula is C10H14F6O2. The molecule has 0 heterocycles. The quantitative estimate of drug-likeness (QED) is 0.436. The Balaban J connectivity index is 4.86. The molecule has 2 atom stereocenters. The van der Waals surface area contributed by atoms with Gasteiger partial charge in [0.15, 0.2) is 5.92 Å². The molecule has 2 unspecified atom stereocenters. The average Bonchev–Trinajstić information content (AvgIpc) is 2.14. The number of rotatable bonds is 5. The molecule has 0 radical (unpaired) electrons. The van der Waals surface area contributed by atoms with Gasteiger partial charge in [-0.25, -0.2) is 0 Å². The van der Waals surface area contributed by atoms with Gasteiger partial charge in [0.25, 0.3) is 0 Å². The van der Waals surface area contributed by atoms with Crippen LogP contribution in [0.2, 0.25) is 0 Å². The molecule has 2 nitrogen and oxygen atoms in total. The third-order valence-corrected chi connectivity index (χ3v) is 2.37. The van der Waals surface area contributed by atoms with Crippen LogP contribution in [0.5, 0.6) is 0 Å². The topological polar surface area (TPSA) is 26.3 Å². The van der Waals surface area contributed by atoms with E-state index in [2.05, 4.69) is 4.74 Å². The fourth-order valence-corrected chi connectivity index (χ4v) is 1.22. The van der Waals surface area contributed by atoms with E-state index in [0.717, 1.165) is 0 Å². The molecular weight excluding hydrogens is 266 g/mol. The van der Waals surface area contributed by atoms with Gasteiger partial charge in [0, 0.05) is 0 Å². The number of carbonyl (C=O) groups is 1. The Labute approximate surface area is 100 Å². The maximum absolute atomic E-state index is 12.5. The van der Waals surface area contributed by atoms with Gasteiger partial charge in [0.2, 0.25) is 0 Å². The van der Waals surface area contributed by atoms with Crippen LogP contribution in [-0.2, 0) is 9.53 Å². The van der Waals surface area contributed by atoms with Crippen LogP contribution in [0.15, 0.2) is 0 Å². The van der Waals surface area contributed by atoms with Gasteiger partial charge in [-0.1, -0.05) is 20.3 Å². The van der Waals surface area contributed by atoms with Gasteiger partial charge in [-0.05, 0) is 6.42 Å². The number of esters is 1. The number of ether oxygens (including phenoxy) is 1. The smallest absolute Gasteiger partial charge is 0.402 e.